The third kappa shape index (κ3) is 5.07. The van der Waals surface area contributed by atoms with Crippen LogP contribution in [0.5, 0.6) is 5.75 Å². The summed E-state index contributed by atoms with van der Waals surface area (Å²) in [7, 11) is -2.31. The standard InChI is InChI=1S/C17H21ClN2O4S/c1-13-6-5-7-17(21)20(13)11-4-3-10-19-25(22,23)16-12-14(18)8-9-15(16)24-2/h5-9,12,19H,3-4,10-11H2,1-2H3. The van der Waals surface area contributed by atoms with Crippen LogP contribution in [0, 0.1) is 6.92 Å². The third-order valence-corrected chi connectivity index (χ3v) is 5.50. The lowest BCUT2D eigenvalue weighted by atomic mass is 10.3. The summed E-state index contributed by atoms with van der Waals surface area (Å²) in [6, 6.07) is 9.55. The molecule has 6 nitrogen and oxygen atoms in total. The van der Waals surface area contributed by atoms with Crippen LogP contribution in [0.15, 0.2) is 46.1 Å². The Balaban J connectivity index is 1.93. The van der Waals surface area contributed by atoms with Crippen molar-refractivity contribution in [1.29, 1.82) is 0 Å². The summed E-state index contributed by atoms with van der Waals surface area (Å²) in [5.74, 6) is 0.239. The summed E-state index contributed by atoms with van der Waals surface area (Å²) in [5.41, 5.74) is 0.834. The lowest BCUT2D eigenvalue weighted by Crippen LogP contribution is -2.26. The molecule has 0 saturated carbocycles. The maximum Gasteiger partial charge on any atom is 0.250 e. The van der Waals surface area contributed by atoms with Crippen molar-refractivity contribution in [1.82, 2.24) is 9.29 Å². The highest BCUT2D eigenvalue weighted by Gasteiger charge is 2.19. The van der Waals surface area contributed by atoms with Crippen LogP contribution in [-0.4, -0.2) is 26.6 Å². The van der Waals surface area contributed by atoms with Crippen molar-refractivity contribution in [3.05, 3.63) is 57.5 Å². The van der Waals surface area contributed by atoms with E-state index in [0.29, 0.717) is 24.4 Å². The zero-order valence-electron chi connectivity index (χ0n) is 14.2. The Hall–Kier alpha value is -1.83. The highest BCUT2D eigenvalue weighted by atomic mass is 35.5. The zero-order valence-corrected chi connectivity index (χ0v) is 15.7. The Morgan fingerprint density at radius 2 is 1.96 bits per heavy atom. The van der Waals surface area contributed by atoms with Crippen molar-refractivity contribution >= 4 is 21.6 Å². The van der Waals surface area contributed by atoms with Gasteiger partial charge in [0.15, 0.2) is 0 Å². The second kappa shape index (κ2) is 8.51. The average molecular weight is 385 g/mol. The first-order valence-corrected chi connectivity index (χ1v) is 9.71. The number of nitrogens with one attached hydrogen (secondary N) is 1. The Kier molecular flexibility index (Phi) is 6.64. The van der Waals surface area contributed by atoms with E-state index in [9.17, 15) is 13.2 Å². The van der Waals surface area contributed by atoms with Gasteiger partial charge < -0.3 is 9.30 Å². The topological polar surface area (TPSA) is 77.4 Å². The average Bonchev–Trinajstić information content (AvgIpc) is 2.57. The summed E-state index contributed by atoms with van der Waals surface area (Å²) in [6.07, 6.45) is 1.28. The molecule has 0 amide bonds. The van der Waals surface area contributed by atoms with Gasteiger partial charge >= 0.3 is 0 Å². The van der Waals surface area contributed by atoms with Crippen LogP contribution < -0.4 is 15.0 Å². The summed E-state index contributed by atoms with van der Waals surface area (Å²) in [6.45, 7) is 2.68. The van der Waals surface area contributed by atoms with Crippen LogP contribution in [0.1, 0.15) is 18.5 Å². The number of ether oxygens (including phenoxy) is 1. The largest absolute Gasteiger partial charge is 0.495 e. The highest BCUT2D eigenvalue weighted by Crippen LogP contribution is 2.26. The van der Waals surface area contributed by atoms with Crippen molar-refractivity contribution in [3.63, 3.8) is 0 Å². The minimum atomic E-state index is -3.71. The second-order valence-electron chi connectivity index (χ2n) is 5.56. The van der Waals surface area contributed by atoms with Gasteiger partial charge in [0, 0.05) is 29.9 Å². The lowest BCUT2D eigenvalue weighted by Gasteiger charge is -2.12. The molecule has 1 aromatic carbocycles. The van der Waals surface area contributed by atoms with Crippen LogP contribution >= 0.6 is 11.6 Å². The zero-order chi connectivity index (χ0) is 18.4. The van der Waals surface area contributed by atoms with E-state index in [1.54, 1.807) is 16.7 Å². The van der Waals surface area contributed by atoms with Gasteiger partial charge in [0.25, 0.3) is 5.56 Å². The number of nitrogens with zero attached hydrogens (tertiary/aromatic N) is 1. The van der Waals surface area contributed by atoms with Crippen molar-refractivity contribution in [3.8, 4) is 5.75 Å². The predicted octanol–water partition coefficient (Wildman–Crippen LogP) is 2.58. The Morgan fingerprint density at radius 3 is 2.64 bits per heavy atom. The van der Waals surface area contributed by atoms with Crippen LogP contribution in [0.2, 0.25) is 5.02 Å². The molecule has 8 heteroatoms. The third-order valence-electron chi connectivity index (χ3n) is 3.78. The molecule has 0 saturated heterocycles. The van der Waals surface area contributed by atoms with Crippen molar-refractivity contribution in [2.75, 3.05) is 13.7 Å². The fourth-order valence-corrected chi connectivity index (χ4v) is 3.95. The first kappa shape index (κ1) is 19.5. The molecule has 0 radical (unpaired) electrons. The van der Waals surface area contributed by atoms with Crippen molar-refractivity contribution < 1.29 is 13.2 Å². The Labute approximate surface area is 152 Å². The van der Waals surface area contributed by atoms with E-state index >= 15 is 0 Å². The molecule has 136 valence electrons. The van der Waals surface area contributed by atoms with E-state index in [1.807, 2.05) is 13.0 Å². The molecular weight excluding hydrogens is 364 g/mol. The van der Waals surface area contributed by atoms with Crippen LogP contribution in [0.4, 0.5) is 0 Å². The monoisotopic (exact) mass is 384 g/mol. The van der Waals surface area contributed by atoms with Gasteiger partial charge in [-0.3, -0.25) is 4.79 Å². The van der Waals surface area contributed by atoms with Crippen LogP contribution in [0.25, 0.3) is 0 Å². The SMILES string of the molecule is COc1ccc(Cl)cc1S(=O)(=O)NCCCCn1c(C)cccc1=O. The van der Waals surface area contributed by atoms with Crippen molar-refractivity contribution in [2.24, 2.45) is 0 Å². The molecule has 2 aromatic rings. The quantitative estimate of drug-likeness (QED) is 0.709. The molecule has 0 aliphatic rings. The van der Waals surface area contributed by atoms with Crippen LogP contribution in [0.3, 0.4) is 0 Å². The molecule has 25 heavy (non-hydrogen) atoms. The Bertz CT molecular complexity index is 894. The smallest absolute Gasteiger partial charge is 0.250 e. The van der Waals surface area contributed by atoms with Crippen molar-refractivity contribution in [2.45, 2.75) is 31.2 Å². The van der Waals surface area contributed by atoms with Gasteiger partial charge in [-0.05, 0) is 44.0 Å². The minimum Gasteiger partial charge on any atom is -0.495 e. The Morgan fingerprint density at radius 1 is 1.20 bits per heavy atom. The molecule has 0 fully saturated rings. The number of unbranched alkanes of at least 4 members (excludes halogenated alkanes) is 1. The second-order valence-corrected chi connectivity index (χ2v) is 7.73. The summed E-state index contributed by atoms with van der Waals surface area (Å²) < 4.78 is 34.1. The molecule has 0 bridgehead atoms. The summed E-state index contributed by atoms with van der Waals surface area (Å²) in [5, 5.41) is 0.320. The molecular formula is C17H21ClN2O4S. The summed E-state index contributed by atoms with van der Waals surface area (Å²) >= 11 is 5.88. The van der Waals surface area contributed by atoms with Gasteiger partial charge in [0.05, 0.1) is 7.11 Å². The highest BCUT2D eigenvalue weighted by molar-refractivity contribution is 7.89. The maximum absolute atomic E-state index is 12.4. The number of sulfonamides is 1. The lowest BCUT2D eigenvalue weighted by molar-refractivity contribution is 0.402. The number of benzene rings is 1. The molecule has 2 rings (SSSR count). The fourth-order valence-electron chi connectivity index (χ4n) is 2.45. The number of pyridine rings is 1. The van der Waals surface area contributed by atoms with E-state index in [0.717, 1.165) is 5.69 Å². The van der Waals surface area contributed by atoms with E-state index in [1.165, 1.54) is 25.3 Å². The molecule has 1 aromatic heterocycles. The predicted molar refractivity (Wildman–Crippen MR) is 97.9 cm³/mol. The van der Waals surface area contributed by atoms with Gasteiger partial charge in [-0.2, -0.15) is 0 Å². The normalized spacial score (nSPS) is 11.5. The first-order chi connectivity index (χ1) is 11.8. The summed E-state index contributed by atoms with van der Waals surface area (Å²) in [4.78, 5) is 11.8. The van der Waals surface area contributed by atoms with Crippen LogP contribution in [-0.2, 0) is 16.6 Å². The van der Waals surface area contributed by atoms with E-state index in [-0.39, 0.29) is 22.7 Å². The molecule has 0 aliphatic heterocycles. The van der Waals surface area contributed by atoms with Gasteiger partial charge in [0.1, 0.15) is 10.6 Å². The number of aryl methyl sites for hydroxylation is 1. The molecule has 1 N–H and O–H groups in total. The fraction of sp³-hybridized carbons (Fsp3) is 0.353. The van der Waals surface area contributed by atoms with Gasteiger partial charge in [-0.25, -0.2) is 13.1 Å². The number of methoxy groups -OCH3 is 1. The maximum atomic E-state index is 12.4. The molecule has 0 aliphatic carbocycles. The number of rotatable bonds is 8. The molecule has 0 unspecified atom stereocenters. The van der Waals surface area contributed by atoms with E-state index in [2.05, 4.69) is 4.72 Å². The number of aromatic nitrogens is 1. The molecule has 0 spiro atoms. The van der Waals surface area contributed by atoms with Gasteiger partial charge in [-0.1, -0.05) is 17.7 Å². The number of hydrogen-bond donors (Lipinski definition) is 1. The first-order valence-electron chi connectivity index (χ1n) is 7.85. The molecule has 0 atom stereocenters. The number of hydrogen-bond acceptors (Lipinski definition) is 4. The van der Waals surface area contributed by atoms with Gasteiger partial charge in [0.2, 0.25) is 10.0 Å². The molecule has 1 heterocycles. The van der Waals surface area contributed by atoms with E-state index < -0.39 is 10.0 Å². The van der Waals surface area contributed by atoms with E-state index in [4.69, 9.17) is 16.3 Å². The van der Waals surface area contributed by atoms with Gasteiger partial charge in [-0.15, -0.1) is 0 Å². The number of halogens is 1. The minimum absolute atomic E-state index is 0.0117.